The Morgan fingerprint density at radius 2 is 2.00 bits per heavy atom. The van der Waals surface area contributed by atoms with Crippen molar-refractivity contribution in [2.45, 2.75) is 32.1 Å². The van der Waals surface area contributed by atoms with Crippen LogP contribution in [-0.2, 0) is 11.2 Å². The van der Waals surface area contributed by atoms with E-state index in [0.717, 1.165) is 37.6 Å². The van der Waals surface area contributed by atoms with Crippen LogP contribution in [0.4, 0.5) is 0 Å². The smallest absolute Gasteiger partial charge is 0.227 e. The molecule has 3 rings (SSSR count). The second-order valence-corrected chi connectivity index (χ2v) is 6.06. The van der Waals surface area contributed by atoms with Gasteiger partial charge >= 0.3 is 0 Å². The highest BCUT2D eigenvalue weighted by atomic mass is 35.5. The number of carbonyl (C=O) groups is 1. The summed E-state index contributed by atoms with van der Waals surface area (Å²) < 4.78 is 0. The van der Waals surface area contributed by atoms with Crippen molar-refractivity contribution >= 4 is 29.2 Å². The zero-order valence-electron chi connectivity index (χ0n) is 12.7. The van der Waals surface area contributed by atoms with Crippen LogP contribution in [0.3, 0.4) is 0 Å². The van der Waals surface area contributed by atoms with Gasteiger partial charge in [0.1, 0.15) is 0 Å². The molecule has 1 heterocycles. The van der Waals surface area contributed by atoms with E-state index in [1.807, 2.05) is 18.3 Å². The molecule has 120 valence electrons. The monoisotopic (exact) mass is 321 g/mol. The number of amides is 1. The summed E-state index contributed by atoms with van der Waals surface area (Å²) in [5.74, 6) is 0.141. The van der Waals surface area contributed by atoms with Crippen LogP contribution >= 0.6 is 12.4 Å². The van der Waals surface area contributed by atoms with Crippen LogP contribution in [0.2, 0.25) is 0 Å². The van der Waals surface area contributed by atoms with E-state index < -0.39 is 0 Å². The zero-order chi connectivity index (χ0) is 14.7. The molecule has 4 N–H and O–H groups in total. The number of hydrogen-bond donors (Lipinski definition) is 3. The minimum Gasteiger partial charge on any atom is -0.361 e. The number of fused-ring (bicyclic) bond motifs is 1. The standard InChI is InChI=1S/C17H23N3O.ClH/c18-12-17(8-3-4-9-17)16(21)19-10-7-13-11-20-15-6-2-1-5-14(13)15;/h1-2,5-6,11,20H,3-4,7-10,12,18H2,(H,19,21);1H. The zero-order valence-corrected chi connectivity index (χ0v) is 13.5. The lowest BCUT2D eigenvalue weighted by atomic mass is 9.85. The van der Waals surface area contributed by atoms with Crippen molar-refractivity contribution in [1.82, 2.24) is 10.3 Å². The molecule has 0 saturated heterocycles. The molecule has 4 nitrogen and oxygen atoms in total. The van der Waals surface area contributed by atoms with Crippen molar-refractivity contribution in [3.05, 3.63) is 36.0 Å². The number of H-pyrrole nitrogens is 1. The number of nitrogens with two attached hydrogens (primary N) is 1. The van der Waals surface area contributed by atoms with E-state index in [-0.39, 0.29) is 23.7 Å². The molecule has 1 aliphatic rings. The first-order valence-corrected chi connectivity index (χ1v) is 7.78. The number of nitrogens with one attached hydrogen (secondary N) is 2. The van der Waals surface area contributed by atoms with E-state index in [4.69, 9.17) is 5.73 Å². The van der Waals surface area contributed by atoms with Crippen LogP contribution in [-0.4, -0.2) is 24.0 Å². The molecule has 0 spiro atoms. The van der Waals surface area contributed by atoms with E-state index in [1.165, 1.54) is 10.9 Å². The highest BCUT2D eigenvalue weighted by Crippen LogP contribution is 2.37. The molecule has 0 atom stereocenters. The molecule has 1 fully saturated rings. The summed E-state index contributed by atoms with van der Waals surface area (Å²) in [4.78, 5) is 15.7. The van der Waals surface area contributed by atoms with Crippen LogP contribution in [0.15, 0.2) is 30.5 Å². The molecule has 1 aliphatic carbocycles. The molecule has 2 aromatic rings. The van der Waals surface area contributed by atoms with Gasteiger partial charge in [0.2, 0.25) is 5.91 Å². The van der Waals surface area contributed by atoms with Crippen molar-refractivity contribution < 1.29 is 4.79 Å². The van der Waals surface area contributed by atoms with Gasteiger partial charge in [-0.05, 0) is 30.9 Å². The average molecular weight is 322 g/mol. The second kappa shape index (κ2) is 7.16. The number of hydrogen-bond acceptors (Lipinski definition) is 2. The Hall–Kier alpha value is -1.52. The van der Waals surface area contributed by atoms with Gasteiger partial charge in [0.05, 0.1) is 5.41 Å². The van der Waals surface area contributed by atoms with Gasteiger partial charge in [0, 0.05) is 30.2 Å². The molecular weight excluding hydrogens is 298 g/mol. The fourth-order valence-corrected chi connectivity index (χ4v) is 3.41. The number of para-hydroxylation sites is 1. The molecular formula is C17H24ClN3O. The molecule has 1 amide bonds. The Labute approximate surface area is 137 Å². The van der Waals surface area contributed by atoms with Gasteiger partial charge in [-0.2, -0.15) is 0 Å². The fraction of sp³-hybridized carbons (Fsp3) is 0.471. The van der Waals surface area contributed by atoms with E-state index in [0.29, 0.717) is 13.1 Å². The van der Waals surface area contributed by atoms with Gasteiger partial charge < -0.3 is 16.0 Å². The van der Waals surface area contributed by atoms with Crippen molar-refractivity contribution in [2.24, 2.45) is 11.1 Å². The lowest BCUT2D eigenvalue weighted by Crippen LogP contribution is -2.44. The number of rotatable bonds is 5. The van der Waals surface area contributed by atoms with Crippen molar-refractivity contribution in [3.8, 4) is 0 Å². The number of aromatic nitrogens is 1. The van der Waals surface area contributed by atoms with Gasteiger partial charge in [0.15, 0.2) is 0 Å². The summed E-state index contributed by atoms with van der Waals surface area (Å²) in [5, 5.41) is 4.32. The highest BCUT2D eigenvalue weighted by molar-refractivity contribution is 5.85. The highest BCUT2D eigenvalue weighted by Gasteiger charge is 2.39. The van der Waals surface area contributed by atoms with E-state index in [9.17, 15) is 4.79 Å². The number of carbonyl (C=O) groups excluding carboxylic acids is 1. The van der Waals surface area contributed by atoms with Crippen LogP contribution in [0.5, 0.6) is 0 Å². The lowest BCUT2D eigenvalue weighted by Gasteiger charge is -2.25. The van der Waals surface area contributed by atoms with Crippen molar-refractivity contribution in [2.75, 3.05) is 13.1 Å². The van der Waals surface area contributed by atoms with Crippen LogP contribution in [0, 0.1) is 5.41 Å². The van der Waals surface area contributed by atoms with E-state index >= 15 is 0 Å². The Kier molecular flexibility index (Phi) is 5.48. The fourth-order valence-electron chi connectivity index (χ4n) is 3.41. The molecule has 5 heteroatoms. The molecule has 0 aliphatic heterocycles. The SMILES string of the molecule is Cl.NCC1(C(=O)NCCc2c[nH]c3ccccc23)CCCC1. The normalized spacial score (nSPS) is 16.4. The maximum atomic E-state index is 12.4. The third-order valence-electron chi connectivity index (χ3n) is 4.79. The first-order chi connectivity index (χ1) is 10.2. The second-order valence-electron chi connectivity index (χ2n) is 6.06. The number of halogens is 1. The molecule has 22 heavy (non-hydrogen) atoms. The quantitative estimate of drug-likeness (QED) is 0.792. The lowest BCUT2D eigenvalue weighted by molar-refractivity contribution is -0.130. The first kappa shape index (κ1) is 16.8. The first-order valence-electron chi connectivity index (χ1n) is 7.78. The summed E-state index contributed by atoms with van der Waals surface area (Å²) in [7, 11) is 0. The van der Waals surface area contributed by atoms with Gasteiger partial charge in [-0.25, -0.2) is 0 Å². The van der Waals surface area contributed by atoms with Gasteiger partial charge in [-0.15, -0.1) is 12.4 Å². The van der Waals surface area contributed by atoms with Gasteiger partial charge in [0.25, 0.3) is 0 Å². The van der Waals surface area contributed by atoms with Crippen LogP contribution in [0.25, 0.3) is 10.9 Å². The molecule has 1 saturated carbocycles. The van der Waals surface area contributed by atoms with Crippen LogP contribution in [0.1, 0.15) is 31.2 Å². The Bertz CT molecular complexity index is 632. The Balaban J connectivity index is 0.00000176. The van der Waals surface area contributed by atoms with E-state index in [2.05, 4.69) is 22.4 Å². The van der Waals surface area contributed by atoms with Crippen molar-refractivity contribution in [1.29, 1.82) is 0 Å². The third kappa shape index (κ3) is 3.13. The molecule has 1 aromatic carbocycles. The minimum atomic E-state index is -0.305. The predicted molar refractivity (Wildman–Crippen MR) is 92.2 cm³/mol. The Morgan fingerprint density at radius 3 is 2.73 bits per heavy atom. The van der Waals surface area contributed by atoms with Gasteiger partial charge in [-0.1, -0.05) is 31.0 Å². The maximum Gasteiger partial charge on any atom is 0.227 e. The summed E-state index contributed by atoms with van der Waals surface area (Å²) in [6, 6.07) is 8.25. The number of aromatic amines is 1. The van der Waals surface area contributed by atoms with Gasteiger partial charge in [-0.3, -0.25) is 4.79 Å². The summed E-state index contributed by atoms with van der Waals surface area (Å²) in [6.07, 6.45) is 6.98. The largest absolute Gasteiger partial charge is 0.361 e. The summed E-state index contributed by atoms with van der Waals surface area (Å²) in [6.45, 7) is 1.13. The topological polar surface area (TPSA) is 70.9 Å². The molecule has 1 aromatic heterocycles. The van der Waals surface area contributed by atoms with Crippen molar-refractivity contribution in [3.63, 3.8) is 0 Å². The summed E-state index contributed by atoms with van der Waals surface area (Å²) in [5.41, 5.74) is 7.93. The minimum absolute atomic E-state index is 0. The molecule has 0 bridgehead atoms. The molecule has 0 unspecified atom stereocenters. The average Bonchev–Trinajstić information content (AvgIpc) is 3.15. The maximum absolute atomic E-state index is 12.4. The summed E-state index contributed by atoms with van der Waals surface area (Å²) >= 11 is 0. The Morgan fingerprint density at radius 1 is 1.27 bits per heavy atom. The number of benzene rings is 1. The van der Waals surface area contributed by atoms with Crippen LogP contribution < -0.4 is 11.1 Å². The molecule has 0 radical (unpaired) electrons. The third-order valence-corrected chi connectivity index (χ3v) is 4.79. The predicted octanol–water partition coefficient (Wildman–Crippen LogP) is 2.77. The van der Waals surface area contributed by atoms with E-state index in [1.54, 1.807) is 0 Å².